The van der Waals surface area contributed by atoms with Crippen molar-refractivity contribution in [2.75, 3.05) is 7.11 Å². The van der Waals surface area contributed by atoms with Gasteiger partial charge in [-0.05, 0) is 5.92 Å². The van der Waals surface area contributed by atoms with E-state index in [0.29, 0.717) is 0 Å². The van der Waals surface area contributed by atoms with Gasteiger partial charge in [0.2, 0.25) is 0 Å². The van der Waals surface area contributed by atoms with Gasteiger partial charge in [-0.2, -0.15) is 0 Å². The van der Waals surface area contributed by atoms with Gasteiger partial charge in [-0.25, -0.2) is 0 Å². The Hall–Kier alpha value is -0.770. The molecule has 0 radical (unpaired) electrons. The van der Waals surface area contributed by atoms with Gasteiger partial charge in [-0.3, -0.25) is 0 Å². The quantitative estimate of drug-likeness (QED) is 0.262. The van der Waals surface area contributed by atoms with Gasteiger partial charge in [0.05, 0.1) is 0 Å². The third-order valence-corrected chi connectivity index (χ3v) is 1.27. The molecule has 0 heterocycles. The molecule has 0 aliphatic heterocycles. The van der Waals surface area contributed by atoms with Crippen LogP contribution in [0.4, 0.5) is 0 Å². The predicted octanol–water partition coefficient (Wildman–Crippen LogP) is 0.404. The number of hydrogen-bond acceptors (Lipinski definition) is 3. The fourth-order valence-electron chi connectivity index (χ4n) is 0.791. The van der Waals surface area contributed by atoms with E-state index >= 15 is 0 Å². The summed E-state index contributed by atoms with van der Waals surface area (Å²) in [6, 6.07) is 0. The van der Waals surface area contributed by atoms with Crippen molar-refractivity contribution in [3.8, 4) is 0 Å². The summed E-state index contributed by atoms with van der Waals surface area (Å²) in [5, 5.41) is 11.1. The molecule has 0 amide bonds. The van der Waals surface area contributed by atoms with Gasteiger partial charge in [0.25, 0.3) is 0 Å². The van der Waals surface area contributed by atoms with Crippen LogP contribution in [-0.4, -0.2) is 24.3 Å². The van der Waals surface area contributed by atoms with E-state index in [9.17, 15) is 0 Å². The van der Waals surface area contributed by atoms with Crippen LogP contribution >= 0.6 is 0 Å². The molecule has 0 aromatic rings. The lowest BCUT2D eigenvalue weighted by molar-refractivity contribution is 0.114. The SMILES string of the molecule is COC(C(N)=NO)C(C)C. The number of nitrogens with zero attached hydrogens (tertiary/aromatic N) is 1. The Kier molecular flexibility index (Phi) is 3.79. The highest BCUT2D eigenvalue weighted by atomic mass is 16.5. The summed E-state index contributed by atoms with van der Waals surface area (Å²) < 4.78 is 4.95. The molecule has 3 N–H and O–H groups in total. The lowest BCUT2D eigenvalue weighted by Gasteiger charge is -2.16. The van der Waals surface area contributed by atoms with E-state index in [1.807, 2.05) is 13.8 Å². The van der Waals surface area contributed by atoms with E-state index in [2.05, 4.69) is 5.16 Å². The molecule has 0 bridgehead atoms. The molecule has 0 aliphatic carbocycles. The molecule has 4 nitrogen and oxygen atoms in total. The van der Waals surface area contributed by atoms with Gasteiger partial charge < -0.3 is 15.7 Å². The Balaban J connectivity index is 4.07. The smallest absolute Gasteiger partial charge is 0.168 e. The largest absolute Gasteiger partial charge is 0.409 e. The third kappa shape index (κ3) is 2.23. The van der Waals surface area contributed by atoms with Crippen LogP contribution in [0.25, 0.3) is 0 Å². The second-order valence-corrected chi connectivity index (χ2v) is 2.43. The second kappa shape index (κ2) is 4.11. The summed E-state index contributed by atoms with van der Waals surface area (Å²) in [6.45, 7) is 3.87. The Morgan fingerprint density at radius 1 is 1.60 bits per heavy atom. The number of methoxy groups -OCH3 is 1. The molecule has 4 heteroatoms. The molecule has 0 saturated heterocycles. The lowest BCUT2D eigenvalue weighted by atomic mass is 10.1. The molecule has 10 heavy (non-hydrogen) atoms. The Labute approximate surface area is 60.7 Å². The van der Waals surface area contributed by atoms with Crippen molar-refractivity contribution >= 4 is 5.84 Å². The van der Waals surface area contributed by atoms with E-state index in [-0.39, 0.29) is 17.9 Å². The van der Waals surface area contributed by atoms with Crippen LogP contribution < -0.4 is 5.73 Å². The molecule has 0 aliphatic rings. The van der Waals surface area contributed by atoms with Gasteiger partial charge >= 0.3 is 0 Å². The van der Waals surface area contributed by atoms with Gasteiger partial charge in [-0.1, -0.05) is 19.0 Å². The first kappa shape index (κ1) is 9.23. The van der Waals surface area contributed by atoms with Crippen molar-refractivity contribution in [1.29, 1.82) is 0 Å². The molecule has 60 valence electrons. The third-order valence-electron chi connectivity index (χ3n) is 1.27. The summed E-state index contributed by atoms with van der Waals surface area (Å²) in [5.41, 5.74) is 5.30. The molecular formula is C6H14N2O2. The minimum Gasteiger partial charge on any atom is -0.409 e. The van der Waals surface area contributed by atoms with Gasteiger partial charge in [0, 0.05) is 7.11 Å². The number of amidine groups is 1. The molecule has 0 rings (SSSR count). The van der Waals surface area contributed by atoms with Crippen molar-refractivity contribution in [2.45, 2.75) is 20.0 Å². The van der Waals surface area contributed by atoms with Crippen LogP contribution in [0.5, 0.6) is 0 Å². The summed E-state index contributed by atoms with van der Waals surface area (Å²) >= 11 is 0. The lowest BCUT2D eigenvalue weighted by Crippen LogP contribution is -2.34. The number of hydrogen-bond donors (Lipinski definition) is 2. The van der Waals surface area contributed by atoms with Crippen LogP contribution in [0, 0.1) is 5.92 Å². The van der Waals surface area contributed by atoms with Crippen LogP contribution in [0.1, 0.15) is 13.8 Å². The van der Waals surface area contributed by atoms with Crippen LogP contribution in [0.2, 0.25) is 0 Å². The minimum absolute atomic E-state index is 0.123. The van der Waals surface area contributed by atoms with E-state index in [1.165, 1.54) is 7.11 Å². The molecule has 0 fully saturated rings. The van der Waals surface area contributed by atoms with Crippen molar-refractivity contribution in [2.24, 2.45) is 16.8 Å². The Morgan fingerprint density at radius 2 is 2.10 bits per heavy atom. The zero-order chi connectivity index (χ0) is 8.15. The highest BCUT2D eigenvalue weighted by molar-refractivity contribution is 5.84. The van der Waals surface area contributed by atoms with Crippen molar-refractivity contribution < 1.29 is 9.94 Å². The maximum Gasteiger partial charge on any atom is 0.168 e. The van der Waals surface area contributed by atoms with Crippen molar-refractivity contribution in [3.05, 3.63) is 0 Å². The van der Waals surface area contributed by atoms with Gasteiger partial charge in [-0.15, -0.1) is 0 Å². The van der Waals surface area contributed by atoms with Crippen molar-refractivity contribution in [1.82, 2.24) is 0 Å². The topological polar surface area (TPSA) is 67.8 Å². The molecule has 1 unspecified atom stereocenters. The second-order valence-electron chi connectivity index (χ2n) is 2.43. The molecule has 0 spiro atoms. The van der Waals surface area contributed by atoms with Crippen LogP contribution in [-0.2, 0) is 4.74 Å². The Bertz CT molecular complexity index is 123. The van der Waals surface area contributed by atoms with Gasteiger partial charge in [0.15, 0.2) is 5.84 Å². The zero-order valence-electron chi connectivity index (χ0n) is 6.53. The maximum atomic E-state index is 8.27. The first-order valence-corrected chi connectivity index (χ1v) is 3.13. The fraction of sp³-hybridized carbons (Fsp3) is 0.833. The average Bonchev–Trinajstić information content (AvgIpc) is 1.88. The summed E-state index contributed by atoms with van der Waals surface area (Å²) in [7, 11) is 1.53. The normalized spacial score (nSPS) is 15.8. The standard InChI is InChI=1S/C6H14N2O2/c1-4(2)5(10-3)6(7)8-9/h4-5,9H,1-3H3,(H2,7,8). The fourth-order valence-corrected chi connectivity index (χ4v) is 0.791. The predicted molar refractivity (Wildman–Crippen MR) is 39.0 cm³/mol. The monoisotopic (exact) mass is 146 g/mol. The average molecular weight is 146 g/mol. The van der Waals surface area contributed by atoms with Crippen LogP contribution in [0.3, 0.4) is 0 Å². The van der Waals surface area contributed by atoms with E-state index in [0.717, 1.165) is 0 Å². The Morgan fingerprint density at radius 3 is 2.20 bits per heavy atom. The van der Waals surface area contributed by atoms with Gasteiger partial charge in [0.1, 0.15) is 6.10 Å². The summed E-state index contributed by atoms with van der Waals surface area (Å²) in [6.07, 6.45) is -0.287. The number of ether oxygens (including phenoxy) is 1. The number of nitrogens with two attached hydrogens (primary N) is 1. The number of oxime groups is 1. The minimum atomic E-state index is -0.287. The summed E-state index contributed by atoms with van der Waals surface area (Å²) in [5.74, 6) is 0.346. The first-order chi connectivity index (χ1) is 4.63. The first-order valence-electron chi connectivity index (χ1n) is 3.13. The van der Waals surface area contributed by atoms with E-state index in [4.69, 9.17) is 15.7 Å². The molecule has 0 aromatic carbocycles. The molecule has 0 aromatic heterocycles. The highest BCUT2D eigenvalue weighted by Crippen LogP contribution is 2.04. The number of rotatable bonds is 3. The molecule has 0 saturated carbocycles. The maximum absolute atomic E-state index is 8.27. The highest BCUT2D eigenvalue weighted by Gasteiger charge is 2.16. The zero-order valence-corrected chi connectivity index (χ0v) is 6.53. The summed E-state index contributed by atoms with van der Waals surface area (Å²) in [4.78, 5) is 0. The van der Waals surface area contributed by atoms with Crippen LogP contribution in [0.15, 0.2) is 5.16 Å². The van der Waals surface area contributed by atoms with E-state index in [1.54, 1.807) is 0 Å². The molecular weight excluding hydrogens is 132 g/mol. The van der Waals surface area contributed by atoms with Crippen molar-refractivity contribution in [3.63, 3.8) is 0 Å². The van der Waals surface area contributed by atoms with E-state index < -0.39 is 0 Å². The molecule has 1 atom stereocenters.